The summed E-state index contributed by atoms with van der Waals surface area (Å²) in [6.07, 6.45) is 2.10. The summed E-state index contributed by atoms with van der Waals surface area (Å²) >= 11 is 0. The summed E-state index contributed by atoms with van der Waals surface area (Å²) in [6.45, 7) is 3.73. The Morgan fingerprint density at radius 3 is 2.75 bits per heavy atom. The van der Waals surface area contributed by atoms with Gasteiger partial charge in [0.25, 0.3) is 0 Å². The Bertz CT molecular complexity index is 373. The standard InChI is InChI=1S/C12H18FN3/c1-8-6-11(14)12(7-10(8)13)16-9-2-4-15-5-3-9/h6-7,9,15-16H,2-5,14H2,1H3. The number of hydrogen-bond donors (Lipinski definition) is 3. The van der Waals surface area contributed by atoms with Crippen molar-refractivity contribution in [3.8, 4) is 0 Å². The molecule has 1 aromatic carbocycles. The third-order valence-electron chi connectivity index (χ3n) is 3.03. The zero-order valence-electron chi connectivity index (χ0n) is 9.52. The van der Waals surface area contributed by atoms with Crippen LogP contribution in [0.4, 0.5) is 15.8 Å². The maximum absolute atomic E-state index is 13.4. The highest BCUT2D eigenvalue weighted by Gasteiger charge is 2.14. The largest absolute Gasteiger partial charge is 0.397 e. The van der Waals surface area contributed by atoms with Gasteiger partial charge in [-0.25, -0.2) is 4.39 Å². The molecular formula is C12H18FN3. The van der Waals surface area contributed by atoms with Gasteiger partial charge in [0.05, 0.1) is 11.4 Å². The Labute approximate surface area is 95.2 Å². The molecule has 0 radical (unpaired) electrons. The lowest BCUT2D eigenvalue weighted by molar-refractivity contribution is 0.479. The van der Waals surface area contributed by atoms with Crippen LogP contribution in [0.3, 0.4) is 0 Å². The second kappa shape index (κ2) is 4.70. The average Bonchev–Trinajstić information content (AvgIpc) is 2.27. The average molecular weight is 223 g/mol. The Kier molecular flexibility index (Phi) is 3.29. The summed E-state index contributed by atoms with van der Waals surface area (Å²) in [5.41, 5.74) is 7.79. The summed E-state index contributed by atoms with van der Waals surface area (Å²) in [4.78, 5) is 0. The lowest BCUT2D eigenvalue weighted by atomic mass is 10.1. The molecule has 3 nitrogen and oxygen atoms in total. The molecule has 88 valence electrons. The van der Waals surface area contributed by atoms with Gasteiger partial charge in [0.1, 0.15) is 5.82 Å². The van der Waals surface area contributed by atoms with Gasteiger partial charge in [-0.05, 0) is 50.6 Å². The fourth-order valence-electron chi connectivity index (χ4n) is 2.02. The highest BCUT2D eigenvalue weighted by atomic mass is 19.1. The smallest absolute Gasteiger partial charge is 0.128 e. The molecule has 0 amide bonds. The van der Waals surface area contributed by atoms with Crippen LogP contribution in [0.1, 0.15) is 18.4 Å². The van der Waals surface area contributed by atoms with E-state index in [1.807, 2.05) is 0 Å². The molecule has 0 aromatic heterocycles. The molecular weight excluding hydrogens is 205 g/mol. The maximum atomic E-state index is 13.4. The fourth-order valence-corrected chi connectivity index (χ4v) is 2.02. The minimum absolute atomic E-state index is 0.203. The van der Waals surface area contributed by atoms with Crippen molar-refractivity contribution in [2.45, 2.75) is 25.8 Å². The van der Waals surface area contributed by atoms with Gasteiger partial charge in [0.2, 0.25) is 0 Å². The van der Waals surface area contributed by atoms with E-state index >= 15 is 0 Å². The van der Waals surface area contributed by atoms with Crippen LogP contribution >= 0.6 is 0 Å². The molecule has 4 N–H and O–H groups in total. The minimum atomic E-state index is -0.203. The topological polar surface area (TPSA) is 50.1 Å². The third kappa shape index (κ3) is 2.44. The van der Waals surface area contributed by atoms with Crippen LogP contribution in [0.5, 0.6) is 0 Å². The van der Waals surface area contributed by atoms with Gasteiger partial charge in [-0.3, -0.25) is 0 Å². The number of nitrogens with two attached hydrogens (primary N) is 1. The summed E-state index contributed by atoms with van der Waals surface area (Å²) in [6, 6.07) is 3.57. The molecule has 0 saturated carbocycles. The zero-order valence-corrected chi connectivity index (χ0v) is 9.52. The van der Waals surface area contributed by atoms with Gasteiger partial charge >= 0.3 is 0 Å². The SMILES string of the molecule is Cc1cc(N)c(NC2CCNCC2)cc1F. The number of halogens is 1. The van der Waals surface area contributed by atoms with Crippen LogP contribution in [-0.2, 0) is 0 Å². The van der Waals surface area contributed by atoms with Gasteiger partial charge in [-0.2, -0.15) is 0 Å². The molecule has 0 atom stereocenters. The molecule has 1 aliphatic heterocycles. The Morgan fingerprint density at radius 1 is 1.38 bits per heavy atom. The van der Waals surface area contributed by atoms with E-state index in [-0.39, 0.29) is 5.82 Å². The first-order chi connectivity index (χ1) is 7.66. The lowest BCUT2D eigenvalue weighted by Gasteiger charge is -2.25. The van der Waals surface area contributed by atoms with Crippen LogP contribution in [0.2, 0.25) is 0 Å². The van der Waals surface area contributed by atoms with Crippen molar-refractivity contribution in [3.63, 3.8) is 0 Å². The molecule has 0 unspecified atom stereocenters. The van der Waals surface area contributed by atoms with E-state index in [9.17, 15) is 4.39 Å². The Morgan fingerprint density at radius 2 is 2.06 bits per heavy atom. The van der Waals surface area contributed by atoms with Gasteiger partial charge in [0.15, 0.2) is 0 Å². The van der Waals surface area contributed by atoms with Crippen molar-refractivity contribution in [1.29, 1.82) is 0 Å². The van der Waals surface area contributed by atoms with E-state index in [2.05, 4.69) is 10.6 Å². The quantitative estimate of drug-likeness (QED) is 0.671. The first-order valence-corrected chi connectivity index (χ1v) is 5.69. The molecule has 1 saturated heterocycles. The first kappa shape index (κ1) is 11.2. The van der Waals surface area contributed by atoms with Crippen LogP contribution in [-0.4, -0.2) is 19.1 Å². The number of benzene rings is 1. The van der Waals surface area contributed by atoms with E-state index in [4.69, 9.17) is 5.73 Å². The number of piperidine rings is 1. The number of hydrogen-bond acceptors (Lipinski definition) is 3. The Hall–Kier alpha value is -1.29. The van der Waals surface area contributed by atoms with E-state index < -0.39 is 0 Å². The predicted octanol–water partition coefficient (Wildman–Crippen LogP) is 1.88. The molecule has 0 aliphatic carbocycles. The van der Waals surface area contributed by atoms with Crippen LogP contribution < -0.4 is 16.4 Å². The first-order valence-electron chi connectivity index (χ1n) is 5.69. The fraction of sp³-hybridized carbons (Fsp3) is 0.500. The number of nitrogen functional groups attached to an aromatic ring is 1. The number of nitrogens with one attached hydrogen (secondary N) is 2. The maximum Gasteiger partial charge on any atom is 0.128 e. The molecule has 0 spiro atoms. The molecule has 1 aromatic rings. The van der Waals surface area contributed by atoms with E-state index in [0.717, 1.165) is 31.6 Å². The molecule has 1 aliphatic rings. The summed E-state index contributed by atoms with van der Waals surface area (Å²) < 4.78 is 13.4. The molecule has 16 heavy (non-hydrogen) atoms. The van der Waals surface area contributed by atoms with Crippen molar-refractivity contribution in [3.05, 3.63) is 23.5 Å². The lowest BCUT2D eigenvalue weighted by Crippen LogP contribution is -2.35. The summed E-state index contributed by atoms with van der Waals surface area (Å²) in [5.74, 6) is -0.203. The molecule has 2 rings (SSSR count). The van der Waals surface area contributed by atoms with Gasteiger partial charge < -0.3 is 16.4 Å². The third-order valence-corrected chi connectivity index (χ3v) is 3.03. The van der Waals surface area contributed by atoms with Gasteiger partial charge in [-0.15, -0.1) is 0 Å². The molecule has 4 heteroatoms. The summed E-state index contributed by atoms with van der Waals surface area (Å²) in [7, 11) is 0. The molecule has 0 bridgehead atoms. The zero-order chi connectivity index (χ0) is 11.5. The van der Waals surface area contributed by atoms with Crippen molar-refractivity contribution >= 4 is 11.4 Å². The van der Waals surface area contributed by atoms with E-state index in [1.165, 1.54) is 6.07 Å². The predicted molar refractivity (Wildman–Crippen MR) is 65.1 cm³/mol. The van der Waals surface area contributed by atoms with Crippen molar-refractivity contribution in [2.75, 3.05) is 24.1 Å². The minimum Gasteiger partial charge on any atom is -0.397 e. The van der Waals surface area contributed by atoms with Crippen molar-refractivity contribution in [1.82, 2.24) is 5.32 Å². The number of anilines is 2. The summed E-state index contributed by atoms with van der Waals surface area (Å²) in [5, 5.41) is 6.60. The van der Waals surface area contributed by atoms with Gasteiger partial charge in [0, 0.05) is 6.04 Å². The van der Waals surface area contributed by atoms with Crippen LogP contribution in [0.25, 0.3) is 0 Å². The molecule has 1 heterocycles. The normalized spacial score (nSPS) is 17.4. The number of aryl methyl sites for hydroxylation is 1. The highest BCUT2D eigenvalue weighted by Crippen LogP contribution is 2.24. The van der Waals surface area contributed by atoms with Crippen molar-refractivity contribution in [2.24, 2.45) is 0 Å². The van der Waals surface area contributed by atoms with Crippen LogP contribution in [0.15, 0.2) is 12.1 Å². The van der Waals surface area contributed by atoms with Crippen molar-refractivity contribution < 1.29 is 4.39 Å². The molecule has 1 fully saturated rings. The van der Waals surface area contributed by atoms with Crippen LogP contribution in [0, 0.1) is 12.7 Å². The number of rotatable bonds is 2. The van der Waals surface area contributed by atoms with E-state index in [0.29, 0.717) is 17.3 Å². The van der Waals surface area contributed by atoms with Gasteiger partial charge in [-0.1, -0.05) is 0 Å². The second-order valence-corrected chi connectivity index (χ2v) is 4.36. The Balaban J connectivity index is 2.11. The monoisotopic (exact) mass is 223 g/mol. The second-order valence-electron chi connectivity index (χ2n) is 4.36. The van der Waals surface area contributed by atoms with E-state index in [1.54, 1.807) is 13.0 Å². The highest BCUT2D eigenvalue weighted by molar-refractivity contribution is 5.67.